The van der Waals surface area contributed by atoms with E-state index >= 15 is 8.78 Å². The summed E-state index contributed by atoms with van der Waals surface area (Å²) in [6, 6.07) is 27.6. The molecule has 0 aromatic heterocycles. The molecule has 0 N–H and O–H groups in total. The Balaban J connectivity index is 1.90. The second-order valence-corrected chi connectivity index (χ2v) is 9.62. The van der Waals surface area contributed by atoms with Crippen LogP contribution in [0.25, 0.3) is 11.1 Å². The first-order chi connectivity index (χ1) is 15.9. The van der Waals surface area contributed by atoms with E-state index in [1.807, 2.05) is 76.2 Å². The van der Waals surface area contributed by atoms with E-state index in [0.29, 0.717) is 11.1 Å². The van der Waals surface area contributed by atoms with Gasteiger partial charge in [0.2, 0.25) is 0 Å². The Morgan fingerprint density at radius 1 is 0.545 bits per heavy atom. The lowest BCUT2D eigenvalue weighted by atomic mass is 9.67. The molecule has 1 aliphatic rings. The summed E-state index contributed by atoms with van der Waals surface area (Å²) in [7, 11) is 0. The lowest BCUT2D eigenvalue weighted by Gasteiger charge is -2.34. The van der Waals surface area contributed by atoms with Gasteiger partial charge in [-0.2, -0.15) is 0 Å². The molecule has 2 heteroatoms. The summed E-state index contributed by atoms with van der Waals surface area (Å²) in [5.41, 5.74) is 6.55. The van der Waals surface area contributed by atoms with Gasteiger partial charge in [-0.05, 0) is 68.5 Å². The number of hydrogen-bond acceptors (Lipinski definition) is 0. The number of halogens is 2. The molecular weight excluding hydrogens is 410 g/mol. The van der Waals surface area contributed by atoms with E-state index in [2.05, 4.69) is 24.3 Å². The molecule has 5 rings (SSSR count). The normalized spacial score (nSPS) is 13.9. The molecule has 4 aromatic carbocycles. The Bertz CT molecular complexity index is 1240. The standard InChI is InChI=1S/C31H28F2/c1-19(2)23-15-13-21(17-29(23)32)31(22-14-16-24(20(3)4)30(33)18-22)27-11-7-5-9-25(27)26-10-6-8-12-28(26)31/h5-20H,1-4H3. The van der Waals surface area contributed by atoms with Crippen molar-refractivity contribution in [1.82, 2.24) is 0 Å². The van der Waals surface area contributed by atoms with Crippen LogP contribution < -0.4 is 0 Å². The van der Waals surface area contributed by atoms with Crippen molar-refractivity contribution in [3.63, 3.8) is 0 Å². The molecule has 0 fully saturated rings. The van der Waals surface area contributed by atoms with Crippen molar-refractivity contribution in [3.8, 4) is 11.1 Å². The van der Waals surface area contributed by atoms with E-state index in [9.17, 15) is 0 Å². The highest BCUT2D eigenvalue weighted by Gasteiger charge is 2.46. The summed E-state index contributed by atoms with van der Waals surface area (Å²) < 4.78 is 30.7. The smallest absolute Gasteiger partial charge is 0.126 e. The Kier molecular flexibility index (Phi) is 5.20. The molecule has 0 spiro atoms. The monoisotopic (exact) mass is 438 g/mol. The number of rotatable bonds is 4. The molecule has 0 aliphatic heterocycles. The van der Waals surface area contributed by atoms with Gasteiger partial charge in [-0.25, -0.2) is 8.78 Å². The predicted octanol–water partition coefficient (Wildman–Crippen LogP) is 8.57. The molecule has 33 heavy (non-hydrogen) atoms. The summed E-state index contributed by atoms with van der Waals surface area (Å²) in [6.07, 6.45) is 0. The minimum atomic E-state index is -0.792. The molecule has 0 atom stereocenters. The fraction of sp³-hybridized carbons (Fsp3) is 0.226. The van der Waals surface area contributed by atoms with Crippen LogP contribution in [0, 0.1) is 11.6 Å². The van der Waals surface area contributed by atoms with E-state index < -0.39 is 5.41 Å². The van der Waals surface area contributed by atoms with Gasteiger partial charge in [0, 0.05) is 0 Å². The van der Waals surface area contributed by atoms with Crippen molar-refractivity contribution in [2.45, 2.75) is 44.9 Å². The minimum absolute atomic E-state index is 0.0842. The van der Waals surface area contributed by atoms with Crippen molar-refractivity contribution >= 4 is 0 Å². The molecule has 0 saturated carbocycles. The predicted molar refractivity (Wildman–Crippen MR) is 132 cm³/mol. The Hall–Kier alpha value is -3.26. The van der Waals surface area contributed by atoms with Crippen molar-refractivity contribution in [2.75, 3.05) is 0 Å². The summed E-state index contributed by atoms with van der Waals surface area (Å²) >= 11 is 0. The maximum atomic E-state index is 15.4. The molecule has 0 nitrogen and oxygen atoms in total. The SMILES string of the molecule is CC(C)c1ccc(C2(c3ccc(C(C)C)c(F)c3)c3ccccc3-c3ccccc32)cc1F. The summed E-state index contributed by atoms with van der Waals surface area (Å²) in [6.45, 7) is 7.98. The maximum absolute atomic E-state index is 15.4. The second-order valence-electron chi connectivity index (χ2n) is 9.62. The van der Waals surface area contributed by atoms with Gasteiger partial charge >= 0.3 is 0 Å². The maximum Gasteiger partial charge on any atom is 0.126 e. The first kappa shape index (κ1) is 21.6. The number of hydrogen-bond donors (Lipinski definition) is 0. The second kappa shape index (κ2) is 7.95. The largest absolute Gasteiger partial charge is 0.207 e. The van der Waals surface area contributed by atoms with Crippen LogP contribution in [0.15, 0.2) is 84.9 Å². The van der Waals surface area contributed by atoms with Crippen LogP contribution in [0.2, 0.25) is 0 Å². The molecule has 0 saturated heterocycles. The highest BCUT2D eigenvalue weighted by Crippen LogP contribution is 2.56. The molecule has 1 aliphatic carbocycles. The Morgan fingerprint density at radius 3 is 1.30 bits per heavy atom. The zero-order valence-electron chi connectivity index (χ0n) is 19.5. The zero-order chi connectivity index (χ0) is 23.3. The molecule has 0 heterocycles. The van der Waals surface area contributed by atoms with Gasteiger partial charge < -0.3 is 0 Å². The van der Waals surface area contributed by atoms with Crippen LogP contribution in [0.3, 0.4) is 0 Å². The highest BCUT2D eigenvalue weighted by atomic mass is 19.1. The first-order valence-electron chi connectivity index (χ1n) is 11.6. The third-order valence-corrected chi connectivity index (χ3v) is 7.06. The van der Waals surface area contributed by atoms with E-state index in [-0.39, 0.29) is 23.5 Å². The van der Waals surface area contributed by atoms with E-state index in [0.717, 1.165) is 33.4 Å². The van der Waals surface area contributed by atoms with Gasteiger partial charge in [-0.15, -0.1) is 0 Å². The molecule has 0 amide bonds. The van der Waals surface area contributed by atoms with Crippen LogP contribution in [0.5, 0.6) is 0 Å². The van der Waals surface area contributed by atoms with Crippen molar-refractivity contribution in [3.05, 3.63) is 130 Å². The minimum Gasteiger partial charge on any atom is -0.207 e. The Labute approximate surface area is 194 Å². The van der Waals surface area contributed by atoms with Gasteiger partial charge in [0.05, 0.1) is 5.41 Å². The summed E-state index contributed by atoms with van der Waals surface area (Å²) in [5, 5.41) is 0. The van der Waals surface area contributed by atoms with Gasteiger partial charge in [0.25, 0.3) is 0 Å². The average Bonchev–Trinajstić information content (AvgIpc) is 3.10. The van der Waals surface area contributed by atoms with Gasteiger partial charge in [0.1, 0.15) is 11.6 Å². The van der Waals surface area contributed by atoms with Crippen LogP contribution in [0.1, 0.15) is 72.9 Å². The third-order valence-electron chi connectivity index (χ3n) is 7.06. The van der Waals surface area contributed by atoms with Crippen LogP contribution >= 0.6 is 0 Å². The van der Waals surface area contributed by atoms with Gasteiger partial charge in [0.15, 0.2) is 0 Å². The molecule has 0 unspecified atom stereocenters. The molecular formula is C31H28F2. The number of fused-ring (bicyclic) bond motifs is 3. The Morgan fingerprint density at radius 2 is 0.939 bits per heavy atom. The molecule has 166 valence electrons. The van der Waals surface area contributed by atoms with Gasteiger partial charge in [-0.1, -0.05) is 100 Å². The van der Waals surface area contributed by atoms with Crippen LogP contribution in [-0.2, 0) is 5.41 Å². The lowest BCUT2D eigenvalue weighted by Crippen LogP contribution is -2.29. The van der Waals surface area contributed by atoms with Crippen LogP contribution in [-0.4, -0.2) is 0 Å². The highest BCUT2D eigenvalue weighted by molar-refractivity contribution is 5.86. The van der Waals surface area contributed by atoms with Crippen molar-refractivity contribution in [2.24, 2.45) is 0 Å². The van der Waals surface area contributed by atoms with Gasteiger partial charge in [-0.3, -0.25) is 0 Å². The lowest BCUT2D eigenvalue weighted by molar-refractivity contribution is 0.586. The first-order valence-corrected chi connectivity index (χ1v) is 11.6. The fourth-order valence-corrected chi connectivity index (χ4v) is 5.48. The quantitative estimate of drug-likeness (QED) is 0.264. The fourth-order valence-electron chi connectivity index (χ4n) is 5.48. The van der Waals surface area contributed by atoms with Crippen molar-refractivity contribution in [1.29, 1.82) is 0 Å². The summed E-state index contributed by atoms with van der Waals surface area (Å²) in [4.78, 5) is 0. The van der Waals surface area contributed by atoms with Crippen LogP contribution in [0.4, 0.5) is 8.78 Å². The zero-order valence-corrected chi connectivity index (χ0v) is 19.5. The molecule has 4 aromatic rings. The van der Waals surface area contributed by atoms with E-state index in [1.54, 1.807) is 12.1 Å². The molecule has 0 radical (unpaired) electrons. The number of benzene rings is 4. The topological polar surface area (TPSA) is 0 Å². The van der Waals surface area contributed by atoms with E-state index in [1.165, 1.54) is 0 Å². The molecule has 0 bridgehead atoms. The van der Waals surface area contributed by atoms with E-state index in [4.69, 9.17) is 0 Å². The van der Waals surface area contributed by atoms with Crippen molar-refractivity contribution < 1.29 is 8.78 Å². The average molecular weight is 439 g/mol. The summed E-state index contributed by atoms with van der Waals surface area (Å²) in [5.74, 6) is -0.270. The third kappa shape index (κ3) is 3.15.